The number of rotatable bonds is 7. The average Bonchev–Trinajstić information content (AvgIpc) is 2.95. The van der Waals surface area contributed by atoms with Crippen molar-refractivity contribution in [3.8, 4) is 17.1 Å². The van der Waals surface area contributed by atoms with E-state index in [4.69, 9.17) is 5.84 Å². The van der Waals surface area contributed by atoms with Crippen LogP contribution < -0.4 is 16.0 Å². The smallest absolute Gasteiger partial charge is 0.387 e. The molecule has 0 bridgehead atoms. The van der Waals surface area contributed by atoms with Crippen LogP contribution in [0.3, 0.4) is 0 Å². The second-order valence-electron chi connectivity index (χ2n) is 4.28. The van der Waals surface area contributed by atoms with Gasteiger partial charge in [-0.3, -0.25) is 10.2 Å². The van der Waals surface area contributed by atoms with Crippen molar-refractivity contribution < 1.29 is 18.3 Å². The lowest BCUT2D eigenvalue weighted by Crippen LogP contribution is -2.31. The number of carbonyl (C=O) groups is 1. The first kappa shape index (κ1) is 17.2. The number of nitrogens with one attached hydrogen (secondary N) is 1. The highest BCUT2D eigenvalue weighted by atomic mass is 32.2. The van der Waals surface area contributed by atoms with Crippen LogP contribution in [0.4, 0.5) is 8.78 Å². The number of aromatic nitrogens is 3. The molecule has 0 unspecified atom stereocenters. The standard InChI is InChI=1S/C13H15F2N5O2S/c1-2-20-11(18-19-13(20)23-7-10(21)17-16)8-5-3-4-6-9(8)22-12(14)15/h3-6,12H,2,7,16H2,1H3,(H,17,21). The molecular weight excluding hydrogens is 328 g/mol. The summed E-state index contributed by atoms with van der Waals surface area (Å²) in [5.41, 5.74) is 2.42. The van der Waals surface area contributed by atoms with E-state index in [1.807, 2.05) is 12.3 Å². The SMILES string of the molecule is CCn1c(SCC(=O)NN)nnc1-c1ccccc1OC(F)F. The second-order valence-corrected chi connectivity index (χ2v) is 5.22. The first-order valence-corrected chi connectivity index (χ1v) is 7.65. The molecule has 0 saturated carbocycles. The number of alkyl halides is 2. The van der Waals surface area contributed by atoms with Gasteiger partial charge in [0.1, 0.15) is 5.75 Å². The van der Waals surface area contributed by atoms with E-state index in [2.05, 4.69) is 14.9 Å². The van der Waals surface area contributed by atoms with E-state index in [1.165, 1.54) is 6.07 Å². The highest BCUT2D eigenvalue weighted by Crippen LogP contribution is 2.31. The van der Waals surface area contributed by atoms with Gasteiger partial charge in [0, 0.05) is 6.54 Å². The van der Waals surface area contributed by atoms with E-state index in [-0.39, 0.29) is 17.4 Å². The molecule has 1 heterocycles. The van der Waals surface area contributed by atoms with Crippen LogP contribution >= 0.6 is 11.8 Å². The summed E-state index contributed by atoms with van der Waals surface area (Å²) in [6.45, 7) is -0.578. The molecular formula is C13H15F2N5O2S. The fourth-order valence-corrected chi connectivity index (χ4v) is 2.72. The molecule has 7 nitrogen and oxygen atoms in total. The van der Waals surface area contributed by atoms with Gasteiger partial charge in [0.25, 0.3) is 0 Å². The lowest BCUT2D eigenvalue weighted by Gasteiger charge is -2.11. The number of hydrogen-bond acceptors (Lipinski definition) is 6. The van der Waals surface area contributed by atoms with E-state index in [1.54, 1.807) is 22.8 Å². The van der Waals surface area contributed by atoms with Gasteiger partial charge in [0.2, 0.25) is 5.91 Å². The Labute approximate surface area is 135 Å². The van der Waals surface area contributed by atoms with E-state index in [0.29, 0.717) is 23.1 Å². The Hall–Kier alpha value is -2.20. The summed E-state index contributed by atoms with van der Waals surface area (Å²) in [5.74, 6) is 5.14. The number of benzene rings is 1. The van der Waals surface area contributed by atoms with Gasteiger partial charge in [-0.15, -0.1) is 10.2 Å². The van der Waals surface area contributed by atoms with E-state index < -0.39 is 6.61 Å². The molecule has 124 valence electrons. The molecule has 1 amide bonds. The number of ether oxygens (including phenoxy) is 1. The first-order chi connectivity index (χ1) is 11.1. The number of nitrogens with two attached hydrogens (primary N) is 1. The highest BCUT2D eigenvalue weighted by molar-refractivity contribution is 7.99. The molecule has 0 spiro atoms. The summed E-state index contributed by atoms with van der Waals surface area (Å²) in [6.07, 6.45) is 0. The van der Waals surface area contributed by atoms with Gasteiger partial charge in [0.05, 0.1) is 11.3 Å². The fourth-order valence-electron chi connectivity index (χ4n) is 1.90. The lowest BCUT2D eigenvalue weighted by molar-refractivity contribution is -0.118. The minimum atomic E-state index is -2.93. The minimum absolute atomic E-state index is 0.0147. The van der Waals surface area contributed by atoms with Crippen LogP contribution in [0, 0.1) is 0 Å². The van der Waals surface area contributed by atoms with Gasteiger partial charge in [-0.2, -0.15) is 8.78 Å². The van der Waals surface area contributed by atoms with Gasteiger partial charge >= 0.3 is 6.61 Å². The van der Waals surface area contributed by atoms with Crippen molar-refractivity contribution in [1.29, 1.82) is 0 Å². The number of halogens is 2. The van der Waals surface area contributed by atoms with Crippen LogP contribution in [0.1, 0.15) is 6.92 Å². The normalized spacial score (nSPS) is 10.8. The molecule has 0 radical (unpaired) electrons. The molecule has 0 aliphatic rings. The monoisotopic (exact) mass is 343 g/mol. The predicted octanol–water partition coefficient (Wildman–Crippen LogP) is 1.65. The summed E-state index contributed by atoms with van der Waals surface area (Å²) in [4.78, 5) is 11.2. The minimum Gasteiger partial charge on any atom is -0.434 e. The summed E-state index contributed by atoms with van der Waals surface area (Å²) in [7, 11) is 0. The third kappa shape index (κ3) is 4.17. The molecule has 1 aromatic carbocycles. The number of nitrogens with zero attached hydrogens (tertiary/aromatic N) is 3. The van der Waals surface area contributed by atoms with Crippen molar-refractivity contribution >= 4 is 17.7 Å². The van der Waals surface area contributed by atoms with E-state index in [9.17, 15) is 13.6 Å². The van der Waals surface area contributed by atoms with Gasteiger partial charge in [0.15, 0.2) is 11.0 Å². The molecule has 2 rings (SSSR count). The molecule has 0 aliphatic carbocycles. The number of amides is 1. The van der Waals surface area contributed by atoms with Crippen molar-refractivity contribution in [1.82, 2.24) is 20.2 Å². The molecule has 1 aromatic heterocycles. The maximum atomic E-state index is 12.5. The van der Waals surface area contributed by atoms with Crippen LogP contribution in [-0.4, -0.2) is 33.0 Å². The van der Waals surface area contributed by atoms with Crippen molar-refractivity contribution in [3.05, 3.63) is 24.3 Å². The van der Waals surface area contributed by atoms with Gasteiger partial charge < -0.3 is 9.30 Å². The van der Waals surface area contributed by atoms with Gasteiger partial charge in [-0.1, -0.05) is 23.9 Å². The van der Waals surface area contributed by atoms with Crippen LogP contribution in [-0.2, 0) is 11.3 Å². The van der Waals surface area contributed by atoms with Crippen molar-refractivity contribution in [2.45, 2.75) is 25.2 Å². The Morgan fingerprint density at radius 3 is 2.83 bits per heavy atom. The van der Waals surface area contributed by atoms with Crippen LogP contribution in [0.25, 0.3) is 11.4 Å². The summed E-state index contributed by atoms with van der Waals surface area (Å²) in [6, 6.07) is 6.34. The molecule has 23 heavy (non-hydrogen) atoms. The summed E-state index contributed by atoms with van der Waals surface area (Å²) >= 11 is 1.15. The maximum Gasteiger partial charge on any atom is 0.387 e. The summed E-state index contributed by atoms with van der Waals surface area (Å²) < 4.78 is 31.3. The molecule has 0 saturated heterocycles. The topological polar surface area (TPSA) is 95.1 Å². The van der Waals surface area contributed by atoms with Crippen molar-refractivity contribution in [2.24, 2.45) is 5.84 Å². The first-order valence-electron chi connectivity index (χ1n) is 6.66. The number of hydrogen-bond donors (Lipinski definition) is 2. The van der Waals surface area contributed by atoms with Crippen molar-refractivity contribution in [3.63, 3.8) is 0 Å². The van der Waals surface area contributed by atoms with Crippen LogP contribution in [0.2, 0.25) is 0 Å². The molecule has 0 atom stereocenters. The maximum absolute atomic E-state index is 12.5. The molecule has 2 aromatic rings. The summed E-state index contributed by atoms with van der Waals surface area (Å²) in [5, 5.41) is 8.52. The Morgan fingerprint density at radius 1 is 1.43 bits per heavy atom. The Bertz CT molecular complexity index is 680. The zero-order valence-corrected chi connectivity index (χ0v) is 13.0. The van der Waals surface area contributed by atoms with Gasteiger partial charge in [-0.05, 0) is 19.1 Å². The Kier molecular flexibility index (Phi) is 5.88. The third-order valence-electron chi connectivity index (χ3n) is 2.87. The number of para-hydroxylation sites is 1. The van der Waals surface area contributed by atoms with Crippen LogP contribution in [0.15, 0.2) is 29.4 Å². The zero-order chi connectivity index (χ0) is 16.8. The largest absolute Gasteiger partial charge is 0.434 e. The van der Waals surface area contributed by atoms with Gasteiger partial charge in [-0.25, -0.2) is 5.84 Å². The van der Waals surface area contributed by atoms with Crippen molar-refractivity contribution in [2.75, 3.05) is 5.75 Å². The Morgan fingerprint density at radius 2 is 2.17 bits per heavy atom. The molecule has 0 fully saturated rings. The van der Waals surface area contributed by atoms with E-state index in [0.717, 1.165) is 11.8 Å². The molecule has 3 N–H and O–H groups in total. The fraction of sp³-hybridized carbons (Fsp3) is 0.308. The number of thioether (sulfide) groups is 1. The van der Waals surface area contributed by atoms with E-state index >= 15 is 0 Å². The Balaban J connectivity index is 2.33. The predicted molar refractivity (Wildman–Crippen MR) is 80.8 cm³/mol. The molecule has 10 heteroatoms. The highest BCUT2D eigenvalue weighted by Gasteiger charge is 2.18. The average molecular weight is 343 g/mol. The number of carbonyl (C=O) groups excluding carboxylic acids is 1. The van der Waals surface area contributed by atoms with Crippen LogP contribution in [0.5, 0.6) is 5.75 Å². The lowest BCUT2D eigenvalue weighted by atomic mass is 10.2. The molecule has 0 aliphatic heterocycles. The number of hydrazine groups is 1. The second kappa shape index (κ2) is 7.88. The quantitative estimate of drug-likeness (QED) is 0.343. The third-order valence-corrected chi connectivity index (χ3v) is 3.84. The zero-order valence-electron chi connectivity index (χ0n) is 12.2.